The summed E-state index contributed by atoms with van der Waals surface area (Å²) in [4.78, 5) is 0. The normalized spacial score (nSPS) is 13.5. The molecule has 0 rings (SSSR count). The summed E-state index contributed by atoms with van der Waals surface area (Å²) in [6.07, 6.45) is 1.29. The van der Waals surface area contributed by atoms with E-state index >= 15 is 0 Å². The van der Waals surface area contributed by atoms with Crippen LogP contribution in [-0.4, -0.2) is 8.83 Å². The van der Waals surface area contributed by atoms with Gasteiger partial charge in [0.1, 0.15) is 8.83 Å². The minimum atomic E-state index is -0.194. The van der Waals surface area contributed by atoms with Crippen molar-refractivity contribution in [2.24, 2.45) is 5.41 Å². The van der Waals surface area contributed by atoms with Crippen LogP contribution in [0.4, 0.5) is 0 Å². The van der Waals surface area contributed by atoms with Crippen LogP contribution in [0.5, 0.6) is 0 Å². The number of halogens is 1. The van der Waals surface area contributed by atoms with Gasteiger partial charge in [0.25, 0.3) is 0 Å². The highest BCUT2D eigenvalue weighted by molar-refractivity contribution is 6.93. The molecule has 0 aromatic carbocycles. The molecule has 0 atom stereocenters. The fourth-order valence-corrected chi connectivity index (χ4v) is 2.19. The van der Waals surface area contributed by atoms with Gasteiger partial charge < -0.3 is 0 Å². The van der Waals surface area contributed by atoms with E-state index in [2.05, 4.69) is 20.8 Å². The topological polar surface area (TPSA) is 0 Å². The highest BCUT2D eigenvalue weighted by atomic mass is 35.6. The molecule has 8 heavy (non-hydrogen) atoms. The maximum atomic E-state index is 5.65. The third kappa shape index (κ3) is 6.51. The van der Waals surface area contributed by atoms with E-state index in [0.29, 0.717) is 5.41 Å². The lowest BCUT2D eigenvalue weighted by molar-refractivity contribution is 0.398. The minimum absolute atomic E-state index is 0.194. The van der Waals surface area contributed by atoms with Gasteiger partial charge in [-0.05, 0) is 11.5 Å². The van der Waals surface area contributed by atoms with Gasteiger partial charge in [0, 0.05) is 0 Å². The van der Waals surface area contributed by atoms with Crippen molar-refractivity contribution in [3.63, 3.8) is 0 Å². The molecule has 0 nitrogen and oxygen atoms in total. The molecule has 0 aliphatic rings. The van der Waals surface area contributed by atoms with Gasteiger partial charge >= 0.3 is 0 Å². The van der Waals surface area contributed by atoms with Gasteiger partial charge in [-0.2, -0.15) is 11.1 Å². The average Bonchev–Trinajstić information content (AvgIpc) is 1.59. The van der Waals surface area contributed by atoms with E-state index in [0.717, 1.165) is 0 Å². The zero-order valence-electron chi connectivity index (χ0n) is 6.00. The van der Waals surface area contributed by atoms with E-state index in [-0.39, 0.29) is 8.83 Å². The van der Waals surface area contributed by atoms with Crippen molar-refractivity contribution < 1.29 is 0 Å². The molecule has 2 heteroatoms. The molecule has 0 saturated heterocycles. The van der Waals surface area contributed by atoms with Crippen LogP contribution in [-0.2, 0) is 0 Å². The Bertz CT molecular complexity index is 56.0. The molecule has 0 N–H and O–H groups in total. The average molecular weight is 151 g/mol. The minimum Gasteiger partial charge on any atom is -0.176 e. The van der Waals surface area contributed by atoms with Crippen LogP contribution in [0.3, 0.4) is 0 Å². The Kier molecular flexibility index (Phi) is 3.74. The highest BCUT2D eigenvalue weighted by Gasteiger charge is 2.07. The van der Waals surface area contributed by atoms with Gasteiger partial charge in [-0.25, -0.2) is 0 Å². The lowest BCUT2D eigenvalue weighted by atomic mass is 9.94. The summed E-state index contributed by atoms with van der Waals surface area (Å²) in [5, 5.41) is 0. The van der Waals surface area contributed by atoms with Gasteiger partial charge in [-0.1, -0.05) is 27.2 Å². The third-order valence-corrected chi connectivity index (χ3v) is 2.48. The van der Waals surface area contributed by atoms with E-state index in [1.165, 1.54) is 12.5 Å². The second-order valence-electron chi connectivity index (χ2n) is 3.35. The Balaban J connectivity index is 3.11. The largest absolute Gasteiger partial charge is 0.176 e. The van der Waals surface area contributed by atoms with Crippen LogP contribution >= 0.6 is 11.1 Å². The molecule has 0 aromatic heterocycles. The molecule has 0 aromatic rings. The molecule has 0 amide bonds. The van der Waals surface area contributed by atoms with E-state index in [9.17, 15) is 0 Å². The Labute approximate surface area is 59.1 Å². The maximum absolute atomic E-state index is 5.65. The molecule has 0 aliphatic carbocycles. The van der Waals surface area contributed by atoms with Gasteiger partial charge in [-0.15, -0.1) is 0 Å². The molecule has 0 saturated carbocycles. The quantitative estimate of drug-likeness (QED) is 0.418. The fourth-order valence-electron chi connectivity index (χ4n) is 0.597. The predicted molar refractivity (Wildman–Crippen MR) is 43.3 cm³/mol. The molecule has 50 valence electrons. The lowest BCUT2D eigenvalue weighted by Gasteiger charge is -2.15. The predicted octanol–water partition coefficient (Wildman–Crippen LogP) is 2.16. The van der Waals surface area contributed by atoms with Crippen LogP contribution < -0.4 is 0 Å². The molecule has 0 heterocycles. The molecule has 0 fully saturated rings. The standard InChI is InChI=1S/C6H15ClSi/c1-6(2,3)4-5-8-7/h4-5,8H2,1-3H3. The molecular formula is C6H15ClSi. The summed E-state index contributed by atoms with van der Waals surface area (Å²) in [5.41, 5.74) is 0.502. The monoisotopic (exact) mass is 150 g/mol. The zero-order valence-corrected chi connectivity index (χ0v) is 8.17. The van der Waals surface area contributed by atoms with Crippen molar-refractivity contribution in [2.45, 2.75) is 33.2 Å². The van der Waals surface area contributed by atoms with Crippen LogP contribution in [0.2, 0.25) is 6.04 Å². The van der Waals surface area contributed by atoms with Crippen molar-refractivity contribution in [2.75, 3.05) is 0 Å². The fraction of sp³-hybridized carbons (Fsp3) is 1.00. The zero-order chi connectivity index (χ0) is 6.62. The van der Waals surface area contributed by atoms with E-state index in [4.69, 9.17) is 11.1 Å². The van der Waals surface area contributed by atoms with Gasteiger partial charge in [0.2, 0.25) is 0 Å². The smallest absolute Gasteiger partial charge is 0.125 e. The van der Waals surface area contributed by atoms with Gasteiger partial charge in [0.05, 0.1) is 0 Å². The van der Waals surface area contributed by atoms with Crippen LogP contribution in [0.25, 0.3) is 0 Å². The molecule has 0 unspecified atom stereocenters. The van der Waals surface area contributed by atoms with Crippen molar-refractivity contribution in [3.8, 4) is 0 Å². The Morgan fingerprint density at radius 2 is 1.88 bits per heavy atom. The SMILES string of the molecule is CC(C)(C)CC[SiH2]Cl. The number of hydrogen-bond donors (Lipinski definition) is 0. The van der Waals surface area contributed by atoms with Crippen LogP contribution in [0, 0.1) is 5.41 Å². The summed E-state index contributed by atoms with van der Waals surface area (Å²) in [5.74, 6) is 0. The summed E-state index contributed by atoms with van der Waals surface area (Å²) >= 11 is 5.65. The van der Waals surface area contributed by atoms with Crippen LogP contribution in [0.15, 0.2) is 0 Å². The summed E-state index contributed by atoms with van der Waals surface area (Å²) in [6.45, 7) is 6.77. The Morgan fingerprint density at radius 3 is 2.00 bits per heavy atom. The molecule has 0 aliphatic heterocycles. The summed E-state index contributed by atoms with van der Waals surface area (Å²) in [6, 6.07) is 1.28. The first-order chi connectivity index (χ1) is 3.56. The second-order valence-corrected chi connectivity index (χ2v) is 5.57. The second kappa shape index (κ2) is 3.52. The number of hydrogen-bond acceptors (Lipinski definition) is 0. The van der Waals surface area contributed by atoms with E-state index in [1.807, 2.05) is 0 Å². The van der Waals surface area contributed by atoms with E-state index in [1.54, 1.807) is 0 Å². The van der Waals surface area contributed by atoms with E-state index < -0.39 is 0 Å². The molecule has 0 spiro atoms. The van der Waals surface area contributed by atoms with Crippen LogP contribution in [0.1, 0.15) is 27.2 Å². The van der Waals surface area contributed by atoms with Gasteiger partial charge in [0.15, 0.2) is 0 Å². The van der Waals surface area contributed by atoms with Crippen molar-refractivity contribution >= 4 is 19.9 Å². The Hall–Kier alpha value is 0.507. The first kappa shape index (κ1) is 8.51. The maximum Gasteiger partial charge on any atom is 0.125 e. The Morgan fingerprint density at radius 1 is 1.38 bits per heavy atom. The van der Waals surface area contributed by atoms with Gasteiger partial charge in [-0.3, -0.25) is 0 Å². The molecule has 0 radical (unpaired) electrons. The molecule has 0 bridgehead atoms. The first-order valence-corrected chi connectivity index (χ1v) is 6.26. The summed E-state index contributed by atoms with van der Waals surface area (Å²) in [7, 11) is -0.194. The van der Waals surface area contributed by atoms with Crippen molar-refractivity contribution in [1.29, 1.82) is 0 Å². The van der Waals surface area contributed by atoms with Crippen molar-refractivity contribution in [3.05, 3.63) is 0 Å². The summed E-state index contributed by atoms with van der Waals surface area (Å²) < 4.78 is 0. The highest BCUT2D eigenvalue weighted by Crippen LogP contribution is 2.20. The first-order valence-electron chi connectivity index (χ1n) is 3.12. The third-order valence-electron chi connectivity index (χ3n) is 1.06. The van der Waals surface area contributed by atoms with Crippen molar-refractivity contribution in [1.82, 2.24) is 0 Å². The lowest BCUT2D eigenvalue weighted by Crippen LogP contribution is -2.04. The molecular weight excluding hydrogens is 136 g/mol. The number of rotatable bonds is 2.